The number of thiophene rings is 1. The third kappa shape index (κ3) is 7.77. The average Bonchev–Trinajstić information content (AvgIpc) is 1.22. The van der Waals surface area contributed by atoms with Crippen molar-refractivity contribution >= 4 is 95.0 Å². The lowest BCUT2D eigenvalue weighted by Crippen LogP contribution is -2.61. The van der Waals surface area contributed by atoms with Crippen molar-refractivity contribution in [1.82, 2.24) is 0 Å². The monoisotopic (exact) mass is 1030 g/mol. The summed E-state index contributed by atoms with van der Waals surface area (Å²) in [6.45, 7) is 35.8. The zero-order valence-electron chi connectivity index (χ0n) is 53.5. The van der Waals surface area contributed by atoms with E-state index in [1.165, 1.54) is 70.4 Å². The van der Waals surface area contributed by atoms with Gasteiger partial charge < -0.3 is 14.7 Å². The molecule has 2 aliphatic heterocycles. The molecule has 0 fully saturated rings. The highest BCUT2D eigenvalue weighted by molar-refractivity contribution is 7.33. The lowest BCUT2D eigenvalue weighted by molar-refractivity contribution is 0.332. The maximum atomic E-state index is 9.72. The molecule has 0 saturated heterocycles. The Bertz CT molecular complexity index is 4000. The maximum Gasteiger partial charge on any atom is 0.264 e. The fourth-order valence-electron chi connectivity index (χ4n) is 14.4. The van der Waals surface area contributed by atoms with Crippen molar-refractivity contribution in [1.29, 1.82) is 0 Å². The molecule has 5 aliphatic rings. The summed E-state index contributed by atoms with van der Waals surface area (Å²) in [5.74, 6) is 0. The summed E-state index contributed by atoms with van der Waals surface area (Å²) < 4.78 is 49.1. The van der Waals surface area contributed by atoms with E-state index in [9.17, 15) is 2.74 Å². The Morgan fingerprint density at radius 2 is 0.974 bits per heavy atom. The van der Waals surface area contributed by atoms with Crippen LogP contribution in [0.1, 0.15) is 188 Å². The highest BCUT2D eigenvalue weighted by atomic mass is 32.1. The van der Waals surface area contributed by atoms with E-state index >= 15 is 0 Å². The molecule has 392 valence electrons. The van der Waals surface area contributed by atoms with Gasteiger partial charge in [0.2, 0.25) is 0 Å². The molecule has 0 spiro atoms. The fourth-order valence-corrected chi connectivity index (χ4v) is 15.7. The van der Waals surface area contributed by atoms with Gasteiger partial charge in [0, 0.05) is 54.7 Å². The summed E-state index contributed by atoms with van der Waals surface area (Å²) in [6, 6.07) is 39.8. The summed E-state index contributed by atoms with van der Waals surface area (Å²) in [5, 5.41) is 1.22. The number of nitrogens with zero attached hydrogens (tertiary/aromatic N) is 3. The maximum absolute atomic E-state index is 9.72. The molecular formula is C72H80BN3S. The topological polar surface area (TPSA) is 9.72 Å². The van der Waals surface area contributed by atoms with Crippen LogP contribution in [-0.2, 0) is 37.9 Å². The molecule has 8 aromatic rings. The van der Waals surface area contributed by atoms with Crippen LogP contribution in [-0.4, -0.2) is 6.71 Å². The van der Waals surface area contributed by atoms with Gasteiger partial charge in [0.1, 0.15) is 0 Å². The Hall–Kier alpha value is -6.04. The van der Waals surface area contributed by atoms with E-state index in [0.29, 0.717) is 11.4 Å². The number of rotatable bonds is 5. The Balaban J connectivity index is 1.23. The van der Waals surface area contributed by atoms with Crippen LogP contribution >= 0.6 is 11.3 Å². The second-order valence-corrected chi connectivity index (χ2v) is 29.7. The molecule has 1 aromatic heterocycles. The zero-order chi connectivity index (χ0) is 58.5. The Labute approximate surface area is 472 Å². The molecule has 3 heterocycles. The number of benzene rings is 7. The van der Waals surface area contributed by atoms with Gasteiger partial charge >= 0.3 is 0 Å². The highest BCUT2D eigenvalue weighted by Crippen LogP contribution is 2.56. The van der Waals surface area contributed by atoms with Crippen molar-refractivity contribution in [2.75, 3.05) is 14.7 Å². The van der Waals surface area contributed by atoms with Gasteiger partial charge in [-0.05, 0) is 205 Å². The normalized spacial score (nSPS) is 20.5. The molecule has 7 aromatic carbocycles. The van der Waals surface area contributed by atoms with Crippen LogP contribution in [0.5, 0.6) is 0 Å². The van der Waals surface area contributed by atoms with E-state index < -0.39 is 6.04 Å². The van der Waals surface area contributed by atoms with Crippen molar-refractivity contribution in [3.8, 4) is 0 Å². The lowest BCUT2D eigenvalue weighted by atomic mass is 9.35. The molecule has 77 heavy (non-hydrogen) atoms. The van der Waals surface area contributed by atoms with E-state index in [4.69, 9.17) is 4.11 Å². The largest absolute Gasteiger partial charge is 0.311 e. The van der Waals surface area contributed by atoms with Crippen LogP contribution in [0.25, 0.3) is 10.1 Å². The first-order valence-electron chi connectivity index (χ1n) is 31.1. The van der Waals surface area contributed by atoms with Gasteiger partial charge in [0.25, 0.3) is 6.71 Å². The lowest BCUT2D eigenvalue weighted by Gasteiger charge is -2.48. The Morgan fingerprint density at radius 3 is 1.52 bits per heavy atom. The molecule has 3 aliphatic carbocycles. The van der Waals surface area contributed by atoms with Crippen molar-refractivity contribution in [3.05, 3.63) is 178 Å². The molecule has 0 atom stereocenters. The average molecular weight is 1040 g/mol. The molecule has 13 rings (SSSR count). The van der Waals surface area contributed by atoms with Crippen molar-refractivity contribution < 1.29 is 6.85 Å². The zero-order valence-corrected chi connectivity index (χ0v) is 49.3. The van der Waals surface area contributed by atoms with Crippen molar-refractivity contribution in [2.24, 2.45) is 0 Å². The summed E-state index contributed by atoms with van der Waals surface area (Å²) >= 11 is 1.93. The molecule has 0 N–H and O–H groups in total. The van der Waals surface area contributed by atoms with Gasteiger partial charge in [-0.15, -0.1) is 11.3 Å². The van der Waals surface area contributed by atoms with E-state index in [1.54, 1.807) is 0 Å². The Morgan fingerprint density at radius 1 is 0.481 bits per heavy atom. The van der Waals surface area contributed by atoms with E-state index in [0.717, 1.165) is 67.0 Å². The number of para-hydroxylation sites is 2. The first-order chi connectivity index (χ1) is 38.3. The summed E-state index contributed by atoms with van der Waals surface area (Å²) in [6.07, 6.45) is 6.55. The van der Waals surface area contributed by atoms with Gasteiger partial charge in [-0.25, -0.2) is 0 Å². The molecule has 0 radical (unpaired) electrons. The molecule has 0 saturated carbocycles. The van der Waals surface area contributed by atoms with Crippen LogP contribution in [0.15, 0.2) is 139 Å². The number of anilines is 9. The van der Waals surface area contributed by atoms with Gasteiger partial charge in [0.05, 0.1) is 18.2 Å². The third-order valence-electron chi connectivity index (χ3n) is 19.7. The van der Waals surface area contributed by atoms with Crippen LogP contribution in [0.4, 0.5) is 51.2 Å². The third-order valence-corrected chi connectivity index (χ3v) is 20.9. The van der Waals surface area contributed by atoms with Gasteiger partial charge in [-0.2, -0.15) is 0 Å². The summed E-state index contributed by atoms with van der Waals surface area (Å²) in [4.78, 5) is 7.09. The van der Waals surface area contributed by atoms with Gasteiger partial charge in [0.15, 0.2) is 0 Å². The minimum atomic E-state index is -0.415. The number of fused-ring (bicyclic) bond motifs is 9. The minimum absolute atomic E-state index is 0.00176. The van der Waals surface area contributed by atoms with Crippen molar-refractivity contribution in [3.63, 3.8) is 0 Å². The van der Waals surface area contributed by atoms with Gasteiger partial charge in [-0.1, -0.05) is 164 Å². The predicted molar refractivity (Wildman–Crippen MR) is 335 cm³/mol. The van der Waals surface area contributed by atoms with Crippen LogP contribution in [0.3, 0.4) is 0 Å². The van der Waals surface area contributed by atoms with Gasteiger partial charge in [-0.3, -0.25) is 0 Å². The number of hydrogen-bond donors (Lipinski definition) is 0. The first-order valence-corrected chi connectivity index (χ1v) is 29.4. The standard InChI is InChI=1S/C72H80BN3S/c1-66(2,3)45-26-31-62-51(38-45)64-65(77-62)73-58-43-56-57(72(14,15)37-36-71(56,12)13)44-59(58)75(48-27-29-52-54(39-48)69(8,9)34-32-67(52,4)5)60-41-50(74(46-22-18-16-19-23-46)47-24-20-17-21-25-47)42-61(63(60)73)76(64)49-28-30-53-55(40-49)70(10,11)35-33-68(53,6)7/h16-31,38-44H,32-37H2,1-15H3/i16D,18D,19D,22D,23D. The fraction of sp³-hybridized carbons (Fsp3) is 0.389. The van der Waals surface area contributed by atoms with Crippen molar-refractivity contribution in [2.45, 2.75) is 180 Å². The molecular weight excluding hydrogens is 950 g/mol. The molecule has 0 unspecified atom stereocenters. The van der Waals surface area contributed by atoms with E-state index in [2.05, 4.69) is 193 Å². The van der Waals surface area contributed by atoms with Crippen LogP contribution < -0.4 is 30.4 Å². The van der Waals surface area contributed by atoms with E-state index in [-0.39, 0.29) is 74.5 Å². The number of hydrogen-bond acceptors (Lipinski definition) is 4. The second kappa shape index (κ2) is 16.7. The first kappa shape index (κ1) is 44.9. The van der Waals surface area contributed by atoms with E-state index in [1.807, 2.05) is 46.6 Å². The molecule has 0 amide bonds. The summed E-state index contributed by atoms with van der Waals surface area (Å²) in [5.41, 5.74) is 19.8. The minimum Gasteiger partial charge on any atom is -0.311 e. The predicted octanol–water partition coefficient (Wildman–Crippen LogP) is 18.8. The van der Waals surface area contributed by atoms with Crippen LogP contribution in [0.2, 0.25) is 0 Å². The molecule has 0 bridgehead atoms. The molecule has 5 heteroatoms. The SMILES string of the molecule is [2H]c1c([2H])c([2H])c(N(c2ccccc2)c2cc3c4c(c2)N(c2ccc5c(c2)C(C)(C)CCC5(C)C)c2c(sc5ccc(C(C)(C)C)cc25)B4c2cc4c(cc2N3c2ccc3c(c2)C(C)(C)CCC3(C)C)C(C)(C)CCC4(C)C)c([2H])c1[2H]. The smallest absolute Gasteiger partial charge is 0.264 e. The molecule has 3 nitrogen and oxygen atoms in total. The summed E-state index contributed by atoms with van der Waals surface area (Å²) in [7, 11) is 0. The Kier molecular flexibility index (Phi) is 9.76. The highest BCUT2D eigenvalue weighted by Gasteiger charge is 2.49. The second-order valence-electron chi connectivity index (χ2n) is 28.6. The van der Waals surface area contributed by atoms with Crippen LogP contribution in [0, 0.1) is 0 Å². The quantitative estimate of drug-likeness (QED) is 0.159.